The van der Waals surface area contributed by atoms with Crippen molar-refractivity contribution < 1.29 is 23.7 Å². The van der Waals surface area contributed by atoms with Crippen molar-refractivity contribution in [2.24, 2.45) is 0 Å². The molecule has 19 heavy (non-hydrogen) atoms. The maximum atomic E-state index is 13.2. The van der Waals surface area contributed by atoms with Crippen molar-refractivity contribution in [1.82, 2.24) is 0 Å². The number of ether oxygens (including phenoxy) is 3. The second-order valence-electron chi connectivity index (χ2n) is 4.39. The van der Waals surface area contributed by atoms with Gasteiger partial charge in [0.15, 0.2) is 0 Å². The first-order valence-corrected chi connectivity index (χ1v) is 6.81. The SMILES string of the molecule is COCCOC1C(O)CC1Oc1cc(F)cc(Br)c1. The van der Waals surface area contributed by atoms with Crippen LogP contribution in [0.25, 0.3) is 0 Å². The van der Waals surface area contributed by atoms with Crippen LogP contribution in [-0.2, 0) is 9.47 Å². The van der Waals surface area contributed by atoms with Crippen LogP contribution < -0.4 is 4.74 Å². The standard InChI is InChI=1S/C13H16BrFO4/c1-17-2-3-18-13-11(16)7-12(13)19-10-5-8(14)4-9(15)6-10/h4-6,11-13,16H,2-3,7H2,1H3. The number of hydrogen-bond acceptors (Lipinski definition) is 4. The number of methoxy groups -OCH3 is 1. The molecule has 6 heteroatoms. The number of aliphatic hydroxyl groups is 1. The molecule has 1 fully saturated rings. The quantitative estimate of drug-likeness (QED) is 0.809. The third-order valence-corrected chi connectivity index (χ3v) is 3.40. The summed E-state index contributed by atoms with van der Waals surface area (Å²) in [7, 11) is 1.58. The normalized spacial score (nSPS) is 26.0. The summed E-state index contributed by atoms with van der Waals surface area (Å²) in [4.78, 5) is 0. The van der Waals surface area contributed by atoms with E-state index in [1.54, 1.807) is 13.2 Å². The highest BCUT2D eigenvalue weighted by Gasteiger charge is 2.42. The molecule has 1 N–H and O–H groups in total. The van der Waals surface area contributed by atoms with Gasteiger partial charge in [-0.25, -0.2) is 4.39 Å². The van der Waals surface area contributed by atoms with Gasteiger partial charge in [0.1, 0.15) is 23.8 Å². The summed E-state index contributed by atoms with van der Waals surface area (Å²) in [6, 6.07) is 4.34. The lowest BCUT2D eigenvalue weighted by atomic mass is 9.88. The van der Waals surface area contributed by atoms with E-state index in [1.165, 1.54) is 12.1 Å². The molecule has 0 bridgehead atoms. The first-order valence-electron chi connectivity index (χ1n) is 6.01. The molecule has 106 valence electrons. The van der Waals surface area contributed by atoms with Crippen LogP contribution in [0.3, 0.4) is 0 Å². The van der Waals surface area contributed by atoms with Crippen molar-refractivity contribution in [2.45, 2.75) is 24.7 Å². The molecule has 0 aromatic heterocycles. The second-order valence-corrected chi connectivity index (χ2v) is 5.31. The van der Waals surface area contributed by atoms with Crippen LogP contribution in [0.15, 0.2) is 22.7 Å². The first kappa shape index (κ1) is 14.7. The molecule has 1 aromatic carbocycles. The van der Waals surface area contributed by atoms with E-state index in [4.69, 9.17) is 14.2 Å². The minimum absolute atomic E-state index is 0.263. The zero-order valence-corrected chi connectivity index (χ0v) is 12.1. The van der Waals surface area contributed by atoms with E-state index in [0.29, 0.717) is 29.9 Å². The van der Waals surface area contributed by atoms with Crippen molar-refractivity contribution in [2.75, 3.05) is 20.3 Å². The van der Waals surface area contributed by atoms with Crippen LogP contribution >= 0.6 is 15.9 Å². The fourth-order valence-electron chi connectivity index (χ4n) is 1.93. The Kier molecular flexibility index (Phi) is 5.15. The molecule has 0 saturated heterocycles. The molecular formula is C13H16BrFO4. The topological polar surface area (TPSA) is 47.9 Å². The Morgan fingerprint density at radius 3 is 2.79 bits per heavy atom. The molecule has 1 aromatic rings. The van der Waals surface area contributed by atoms with E-state index in [1.807, 2.05) is 0 Å². The Bertz CT molecular complexity index is 409. The Balaban J connectivity index is 1.91. The Morgan fingerprint density at radius 1 is 1.37 bits per heavy atom. The van der Waals surface area contributed by atoms with Crippen LogP contribution in [0, 0.1) is 5.82 Å². The summed E-state index contributed by atoms with van der Waals surface area (Å²) in [6.07, 6.45) is -0.720. The molecule has 1 aliphatic carbocycles. The van der Waals surface area contributed by atoms with Crippen molar-refractivity contribution >= 4 is 15.9 Å². The van der Waals surface area contributed by atoms with Gasteiger partial charge in [0.25, 0.3) is 0 Å². The number of hydrogen-bond donors (Lipinski definition) is 1. The minimum atomic E-state index is -0.543. The van der Waals surface area contributed by atoms with Crippen molar-refractivity contribution in [3.8, 4) is 5.75 Å². The largest absolute Gasteiger partial charge is 0.487 e. The van der Waals surface area contributed by atoms with Gasteiger partial charge in [0.2, 0.25) is 0 Å². The predicted octanol–water partition coefficient (Wildman–Crippen LogP) is 2.13. The molecular weight excluding hydrogens is 319 g/mol. The lowest BCUT2D eigenvalue weighted by Crippen LogP contribution is -2.55. The van der Waals surface area contributed by atoms with E-state index < -0.39 is 12.2 Å². The monoisotopic (exact) mass is 334 g/mol. The number of benzene rings is 1. The van der Waals surface area contributed by atoms with E-state index in [-0.39, 0.29) is 11.9 Å². The number of aliphatic hydroxyl groups excluding tert-OH is 1. The van der Waals surface area contributed by atoms with Crippen LogP contribution in [0.1, 0.15) is 6.42 Å². The Morgan fingerprint density at radius 2 is 2.16 bits per heavy atom. The van der Waals surface area contributed by atoms with Gasteiger partial charge in [-0.15, -0.1) is 0 Å². The number of halogens is 2. The van der Waals surface area contributed by atoms with Crippen LogP contribution in [0.5, 0.6) is 5.75 Å². The number of rotatable bonds is 6. The lowest BCUT2D eigenvalue weighted by Gasteiger charge is -2.40. The van der Waals surface area contributed by atoms with Gasteiger partial charge in [-0.2, -0.15) is 0 Å². The predicted molar refractivity (Wildman–Crippen MR) is 70.8 cm³/mol. The molecule has 3 unspecified atom stereocenters. The molecule has 3 atom stereocenters. The second kappa shape index (κ2) is 6.65. The first-order chi connectivity index (χ1) is 9.10. The van der Waals surface area contributed by atoms with Gasteiger partial charge in [-0.3, -0.25) is 0 Å². The van der Waals surface area contributed by atoms with Crippen molar-refractivity contribution in [3.05, 3.63) is 28.5 Å². The fraction of sp³-hybridized carbons (Fsp3) is 0.538. The van der Waals surface area contributed by atoms with E-state index in [9.17, 15) is 9.50 Å². The molecule has 1 saturated carbocycles. The molecule has 1 aliphatic rings. The van der Waals surface area contributed by atoms with Gasteiger partial charge >= 0.3 is 0 Å². The van der Waals surface area contributed by atoms with Gasteiger partial charge in [-0.05, 0) is 12.1 Å². The highest BCUT2D eigenvalue weighted by molar-refractivity contribution is 9.10. The summed E-state index contributed by atoms with van der Waals surface area (Å²) >= 11 is 3.20. The zero-order chi connectivity index (χ0) is 13.8. The molecule has 4 nitrogen and oxygen atoms in total. The van der Waals surface area contributed by atoms with E-state index in [0.717, 1.165) is 0 Å². The highest BCUT2D eigenvalue weighted by Crippen LogP contribution is 2.30. The molecule has 0 heterocycles. The maximum Gasteiger partial charge on any atom is 0.130 e. The smallest absolute Gasteiger partial charge is 0.130 e. The third kappa shape index (κ3) is 3.89. The average Bonchev–Trinajstić information content (AvgIpc) is 2.33. The maximum absolute atomic E-state index is 13.2. The van der Waals surface area contributed by atoms with Crippen LogP contribution in [0.4, 0.5) is 4.39 Å². The van der Waals surface area contributed by atoms with Crippen molar-refractivity contribution in [3.63, 3.8) is 0 Å². The highest BCUT2D eigenvalue weighted by atomic mass is 79.9. The van der Waals surface area contributed by atoms with Gasteiger partial charge in [0, 0.05) is 24.1 Å². The van der Waals surface area contributed by atoms with Gasteiger partial charge < -0.3 is 19.3 Å². The molecule has 0 amide bonds. The van der Waals surface area contributed by atoms with Crippen molar-refractivity contribution in [1.29, 1.82) is 0 Å². The van der Waals surface area contributed by atoms with E-state index in [2.05, 4.69) is 15.9 Å². The van der Waals surface area contributed by atoms with E-state index >= 15 is 0 Å². The fourth-order valence-corrected chi connectivity index (χ4v) is 2.37. The van der Waals surface area contributed by atoms with Gasteiger partial charge in [-0.1, -0.05) is 15.9 Å². The van der Waals surface area contributed by atoms with Gasteiger partial charge in [0.05, 0.1) is 19.3 Å². The Labute approximate surface area is 119 Å². The summed E-state index contributed by atoms with van der Waals surface area (Å²) in [6.45, 7) is 0.854. The zero-order valence-electron chi connectivity index (χ0n) is 10.5. The lowest BCUT2D eigenvalue weighted by molar-refractivity contribution is -0.167. The third-order valence-electron chi connectivity index (χ3n) is 2.94. The summed E-state index contributed by atoms with van der Waals surface area (Å²) in [5.74, 6) is 0.0465. The summed E-state index contributed by atoms with van der Waals surface area (Å²) < 4.78 is 29.8. The van der Waals surface area contributed by atoms with Crippen LogP contribution in [-0.4, -0.2) is 43.7 Å². The molecule has 2 rings (SSSR count). The minimum Gasteiger partial charge on any atom is -0.487 e. The van der Waals surface area contributed by atoms with Crippen LogP contribution in [0.2, 0.25) is 0 Å². The molecule has 0 aliphatic heterocycles. The molecule has 0 radical (unpaired) electrons. The summed E-state index contributed by atoms with van der Waals surface area (Å²) in [5, 5.41) is 9.64. The average molecular weight is 335 g/mol. The summed E-state index contributed by atoms with van der Waals surface area (Å²) in [5.41, 5.74) is 0. The Hall–Kier alpha value is -0.690. The molecule has 0 spiro atoms.